The normalized spacial score (nSPS) is 12.1. The average Bonchev–Trinajstić information content (AvgIpc) is 4.09. The van der Waals surface area contributed by atoms with Crippen LogP contribution in [0.5, 0.6) is 0 Å². The molecule has 0 N–H and O–H groups in total. The summed E-state index contributed by atoms with van der Waals surface area (Å²) in [7, 11) is 0. The maximum atomic E-state index is 2.48. The van der Waals surface area contributed by atoms with Gasteiger partial charge in [0, 0.05) is 65.6 Å². The van der Waals surface area contributed by atoms with E-state index in [9.17, 15) is 0 Å². The molecule has 0 radical (unpaired) electrons. The number of hydrogen-bond acceptors (Lipinski definition) is 0. The number of rotatable bonds is 5. The lowest BCUT2D eigenvalue weighted by Gasteiger charge is -2.19. The zero-order valence-electron chi connectivity index (χ0n) is 34.7. The van der Waals surface area contributed by atoms with Crippen molar-refractivity contribution in [2.75, 3.05) is 0 Å². The van der Waals surface area contributed by atoms with Crippen molar-refractivity contribution in [3.05, 3.63) is 231 Å². The Morgan fingerprint density at radius 1 is 0.188 bits per heavy atom. The molecule has 0 fully saturated rings. The molecule has 4 heteroatoms. The minimum absolute atomic E-state index is 1.13. The van der Waals surface area contributed by atoms with E-state index in [1.807, 2.05) is 0 Å². The minimum Gasteiger partial charge on any atom is -0.309 e. The molecule has 14 aromatic rings. The molecule has 4 heterocycles. The first-order chi connectivity index (χ1) is 31.8. The van der Waals surface area contributed by atoms with Crippen LogP contribution >= 0.6 is 0 Å². The third kappa shape index (κ3) is 4.88. The Morgan fingerprint density at radius 2 is 0.484 bits per heavy atom. The highest BCUT2D eigenvalue weighted by Crippen LogP contribution is 2.43. The fraction of sp³-hybridized carbons (Fsp3) is 0. The van der Waals surface area contributed by atoms with Crippen LogP contribution in [0.25, 0.3) is 121 Å². The molecule has 10 aromatic carbocycles. The van der Waals surface area contributed by atoms with Gasteiger partial charge < -0.3 is 18.3 Å². The first-order valence-corrected chi connectivity index (χ1v) is 22.0. The lowest BCUT2D eigenvalue weighted by atomic mass is 10.0. The highest BCUT2D eigenvalue weighted by Gasteiger charge is 2.22. The number of hydrogen-bond donors (Lipinski definition) is 0. The third-order valence-electron chi connectivity index (χ3n) is 13.6. The van der Waals surface area contributed by atoms with Crippen molar-refractivity contribution in [1.29, 1.82) is 0 Å². The summed E-state index contributed by atoms with van der Waals surface area (Å²) in [5.74, 6) is 0. The van der Waals surface area contributed by atoms with Gasteiger partial charge in [-0.05, 0) is 78.9 Å². The first kappa shape index (κ1) is 35.0. The molecule has 0 saturated heterocycles. The SMILES string of the molecule is c1ccc(-n2c3ccccc3c3cc(-n4c5ccccc5c5ccccc54)ccc32)c(-c2ccccc2-n2c3ccccc3c3ccc(-n4c5ccccc5c5ccccc54)cc32)c1. The predicted molar refractivity (Wildman–Crippen MR) is 269 cm³/mol. The third-order valence-corrected chi connectivity index (χ3v) is 13.6. The van der Waals surface area contributed by atoms with Crippen molar-refractivity contribution < 1.29 is 0 Å². The Kier molecular flexibility index (Phi) is 7.36. The summed E-state index contributed by atoms with van der Waals surface area (Å²) < 4.78 is 9.79. The second-order valence-corrected chi connectivity index (χ2v) is 16.9. The molecule has 0 atom stereocenters. The highest BCUT2D eigenvalue weighted by molar-refractivity contribution is 6.14. The molecule has 0 unspecified atom stereocenters. The topological polar surface area (TPSA) is 19.7 Å². The Balaban J connectivity index is 0.996. The number of nitrogens with zero attached hydrogens (tertiary/aromatic N) is 4. The molecule has 0 aliphatic heterocycles. The molecule has 0 bridgehead atoms. The molecule has 0 amide bonds. The van der Waals surface area contributed by atoms with Crippen LogP contribution in [0.1, 0.15) is 0 Å². The molecule has 0 aliphatic rings. The van der Waals surface area contributed by atoms with E-state index in [1.165, 1.54) is 87.2 Å². The molecule has 0 spiro atoms. The lowest BCUT2D eigenvalue weighted by molar-refractivity contribution is 1.15. The molecule has 4 nitrogen and oxygen atoms in total. The van der Waals surface area contributed by atoms with E-state index in [4.69, 9.17) is 0 Å². The van der Waals surface area contributed by atoms with Crippen LogP contribution in [0.2, 0.25) is 0 Å². The van der Waals surface area contributed by atoms with Crippen molar-refractivity contribution in [1.82, 2.24) is 18.3 Å². The zero-order chi connectivity index (χ0) is 41.9. The summed E-state index contributed by atoms with van der Waals surface area (Å²) in [6.07, 6.45) is 0. The van der Waals surface area contributed by atoms with E-state index in [-0.39, 0.29) is 0 Å². The van der Waals surface area contributed by atoms with Crippen molar-refractivity contribution in [3.63, 3.8) is 0 Å². The van der Waals surface area contributed by atoms with Gasteiger partial charge in [0.2, 0.25) is 0 Å². The Morgan fingerprint density at radius 3 is 0.938 bits per heavy atom. The van der Waals surface area contributed by atoms with Crippen LogP contribution < -0.4 is 0 Å². The molecule has 0 aliphatic carbocycles. The van der Waals surface area contributed by atoms with Crippen molar-refractivity contribution in [2.24, 2.45) is 0 Å². The van der Waals surface area contributed by atoms with Crippen molar-refractivity contribution in [3.8, 4) is 33.9 Å². The van der Waals surface area contributed by atoms with E-state index in [0.29, 0.717) is 0 Å². The van der Waals surface area contributed by atoms with Gasteiger partial charge in [0.25, 0.3) is 0 Å². The standard InChI is InChI=1S/C60H38N4/c1-9-25-51-41(17-1)42-18-2-10-26-52(42)61(51)39-34-36-59-50(37-39)48-24-8-16-32-58(48)63(59)55-29-13-5-21-45(55)46-22-6-14-30-56(46)64-57-31-15-7-23-47(57)49-35-33-40(38-60(49)64)62-53-27-11-3-19-43(53)44-20-4-12-28-54(44)62/h1-38H. The largest absolute Gasteiger partial charge is 0.309 e. The summed E-state index contributed by atoms with van der Waals surface area (Å²) in [5, 5.41) is 9.95. The zero-order valence-corrected chi connectivity index (χ0v) is 34.7. The monoisotopic (exact) mass is 814 g/mol. The van der Waals surface area contributed by atoms with Crippen LogP contribution in [0, 0.1) is 0 Å². The maximum Gasteiger partial charge on any atom is 0.0562 e. The number of para-hydroxylation sites is 8. The molecule has 298 valence electrons. The van der Waals surface area contributed by atoms with Gasteiger partial charge >= 0.3 is 0 Å². The van der Waals surface area contributed by atoms with Crippen LogP contribution in [0.4, 0.5) is 0 Å². The molecule has 14 rings (SSSR count). The van der Waals surface area contributed by atoms with Crippen molar-refractivity contribution in [2.45, 2.75) is 0 Å². The molecule has 0 saturated carbocycles. The smallest absolute Gasteiger partial charge is 0.0562 e. The quantitative estimate of drug-likeness (QED) is 0.165. The van der Waals surface area contributed by atoms with Crippen molar-refractivity contribution >= 4 is 87.2 Å². The number of aromatic nitrogens is 4. The van der Waals surface area contributed by atoms with Gasteiger partial charge in [0.1, 0.15) is 0 Å². The van der Waals surface area contributed by atoms with Crippen LogP contribution in [-0.4, -0.2) is 18.3 Å². The van der Waals surface area contributed by atoms with Gasteiger partial charge in [-0.3, -0.25) is 0 Å². The van der Waals surface area contributed by atoms with Gasteiger partial charge in [-0.15, -0.1) is 0 Å². The van der Waals surface area contributed by atoms with Crippen LogP contribution in [0.15, 0.2) is 231 Å². The van der Waals surface area contributed by atoms with E-state index in [0.717, 1.165) is 33.9 Å². The van der Waals surface area contributed by atoms with Gasteiger partial charge in [0.15, 0.2) is 0 Å². The predicted octanol–water partition coefficient (Wildman–Crippen LogP) is 15.7. The van der Waals surface area contributed by atoms with E-state index in [2.05, 4.69) is 249 Å². The second kappa shape index (κ2) is 13.4. The Bertz CT molecular complexity index is 4100. The molecule has 64 heavy (non-hydrogen) atoms. The summed E-state index contributed by atoms with van der Waals surface area (Å²) in [5.41, 5.74) is 16.4. The summed E-state index contributed by atoms with van der Waals surface area (Å²) >= 11 is 0. The average molecular weight is 815 g/mol. The second-order valence-electron chi connectivity index (χ2n) is 16.9. The Labute approximate surface area is 368 Å². The van der Waals surface area contributed by atoms with E-state index >= 15 is 0 Å². The Hall–Kier alpha value is -8.60. The van der Waals surface area contributed by atoms with E-state index in [1.54, 1.807) is 0 Å². The fourth-order valence-corrected chi connectivity index (χ4v) is 10.9. The van der Waals surface area contributed by atoms with Gasteiger partial charge in [0.05, 0.1) is 55.5 Å². The molecular formula is C60H38N4. The lowest BCUT2D eigenvalue weighted by Crippen LogP contribution is -2.02. The van der Waals surface area contributed by atoms with Gasteiger partial charge in [-0.1, -0.05) is 152 Å². The summed E-state index contributed by atoms with van der Waals surface area (Å²) in [6.45, 7) is 0. The van der Waals surface area contributed by atoms with Gasteiger partial charge in [-0.2, -0.15) is 0 Å². The molecular weight excluding hydrogens is 777 g/mol. The fourth-order valence-electron chi connectivity index (χ4n) is 10.9. The van der Waals surface area contributed by atoms with Gasteiger partial charge in [-0.25, -0.2) is 0 Å². The molecule has 4 aromatic heterocycles. The minimum atomic E-state index is 1.13. The van der Waals surface area contributed by atoms with Crippen LogP contribution in [-0.2, 0) is 0 Å². The highest BCUT2D eigenvalue weighted by atomic mass is 15.0. The number of benzene rings is 10. The maximum absolute atomic E-state index is 2.48. The first-order valence-electron chi connectivity index (χ1n) is 22.0. The summed E-state index contributed by atoms with van der Waals surface area (Å²) in [4.78, 5) is 0. The summed E-state index contributed by atoms with van der Waals surface area (Å²) in [6, 6.07) is 84.5. The van der Waals surface area contributed by atoms with E-state index < -0.39 is 0 Å². The van der Waals surface area contributed by atoms with Crippen LogP contribution in [0.3, 0.4) is 0 Å². The number of fused-ring (bicyclic) bond motifs is 12.